The smallest absolute Gasteiger partial charge is 0.322 e. The summed E-state index contributed by atoms with van der Waals surface area (Å²) in [5, 5.41) is 6.52. The molecule has 2 amide bonds. The minimum atomic E-state index is -0.205. The Labute approximate surface area is 208 Å². The molecule has 0 aliphatic heterocycles. The number of benzene rings is 1. The van der Waals surface area contributed by atoms with Crippen molar-refractivity contribution in [1.29, 1.82) is 0 Å². The Kier molecular flexibility index (Phi) is 11.3. The number of nitrogens with one attached hydrogen (secondary N) is 4. The second-order valence-corrected chi connectivity index (χ2v) is 8.78. The summed E-state index contributed by atoms with van der Waals surface area (Å²) in [6.45, 7) is 10.6. The van der Waals surface area contributed by atoms with Gasteiger partial charge in [-0.3, -0.25) is 0 Å². The molecule has 0 saturated carbocycles. The van der Waals surface area contributed by atoms with E-state index in [0.717, 1.165) is 30.4 Å². The fourth-order valence-corrected chi connectivity index (χ4v) is 4.02. The Morgan fingerprint density at radius 2 is 1.51 bits per heavy atom. The number of hydrogen-bond donors (Lipinski definition) is 4. The molecule has 190 valence electrons. The topological polar surface area (TPSA) is 105 Å². The van der Waals surface area contributed by atoms with Gasteiger partial charge in [0.25, 0.3) is 0 Å². The van der Waals surface area contributed by atoms with Gasteiger partial charge in [0.2, 0.25) is 0 Å². The third kappa shape index (κ3) is 9.54. The lowest BCUT2D eigenvalue weighted by molar-refractivity contribution is 0.203. The van der Waals surface area contributed by atoms with Crippen LogP contribution in [0.5, 0.6) is 0 Å². The van der Waals surface area contributed by atoms with E-state index in [1.165, 1.54) is 50.9 Å². The van der Waals surface area contributed by atoms with Crippen LogP contribution in [0.15, 0.2) is 49.1 Å². The van der Waals surface area contributed by atoms with E-state index in [-0.39, 0.29) is 6.03 Å². The van der Waals surface area contributed by atoms with Gasteiger partial charge in [-0.05, 0) is 69.6 Å². The van der Waals surface area contributed by atoms with Gasteiger partial charge in [0.1, 0.15) is 11.6 Å². The number of amides is 2. The van der Waals surface area contributed by atoms with Crippen LogP contribution in [0.3, 0.4) is 0 Å². The summed E-state index contributed by atoms with van der Waals surface area (Å²) in [5.74, 6) is 1.44. The zero-order chi connectivity index (χ0) is 24.7. The van der Waals surface area contributed by atoms with Crippen molar-refractivity contribution in [3.63, 3.8) is 0 Å². The van der Waals surface area contributed by atoms with E-state index >= 15 is 0 Å². The molecule has 1 aromatic carbocycles. The van der Waals surface area contributed by atoms with E-state index in [9.17, 15) is 4.79 Å². The lowest BCUT2D eigenvalue weighted by Crippen LogP contribution is -2.34. The maximum atomic E-state index is 13.0. The number of urea groups is 1. The quantitative estimate of drug-likeness (QED) is 0.228. The van der Waals surface area contributed by atoms with Crippen molar-refractivity contribution < 1.29 is 4.79 Å². The van der Waals surface area contributed by atoms with Gasteiger partial charge in [0.15, 0.2) is 0 Å². The Morgan fingerprint density at radius 1 is 0.886 bits per heavy atom. The molecule has 9 heteroatoms. The molecular weight excluding hydrogens is 440 g/mol. The van der Waals surface area contributed by atoms with Crippen molar-refractivity contribution in [3.8, 4) is 0 Å². The van der Waals surface area contributed by atoms with Crippen molar-refractivity contribution in [3.05, 3.63) is 66.3 Å². The number of hydrogen-bond acceptors (Lipinski definition) is 5. The molecular formula is C26H40N8O. The Balaban J connectivity index is 1.41. The number of rotatable bonds is 16. The van der Waals surface area contributed by atoms with Crippen LogP contribution in [0, 0.1) is 0 Å². The number of nitrogens with zero attached hydrogens (tertiary/aromatic N) is 4. The predicted octanol–water partition coefficient (Wildman–Crippen LogP) is 4.36. The van der Waals surface area contributed by atoms with Crippen molar-refractivity contribution >= 4 is 11.7 Å². The molecule has 3 rings (SSSR count). The number of H-pyrrole nitrogens is 2. The number of imidazole rings is 2. The van der Waals surface area contributed by atoms with Crippen LogP contribution in [-0.2, 0) is 19.6 Å². The Bertz CT molecular complexity index is 898. The normalized spacial score (nSPS) is 11.2. The van der Waals surface area contributed by atoms with Gasteiger partial charge < -0.3 is 30.4 Å². The summed E-state index contributed by atoms with van der Waals surface area (Å²) >= 11 is 0. The summed E-state index contributed by atoms with van der Waals surface area (Å²) in [6, 6.07) is 7.79. The molecule has 0 atom stereocenters. The highest BCUT2D eigenvalue weighted by Crippen LogP contribution is 2.13. The first-order chi connectivity index (χ1) is 17.2. The average Bonchev–Trinajstić information content (AvgIpc) is 3.57. The van der Waals surface area contributed by atoms with Gasteiger partial charge in [-0.1, -0.05) is 26.0 Å². The molecule has 4 N–H and O–H groups in total. The molecule has 0 unspecified atom stereocenters. The van der Waals surface area contributed by atoms with Crippen molar-refractivity contribution in [2.75, 3.05) is 31.5 Å². The monoisotopic (exact) mass is 480 g/mol. The van der Waals surface area contributed by atoms with E-state index < -0.39 is 0 Å². The van der Waals surface area contributed by atoms with Gasteiger partial charge in [-0.2, -0.15) is 0 Å². The zero-order valence-corrected chi connectivity index (χ0v) is 21.1. The number of aromatic nitrogens is 4. The van der Waals surface area contributed by atoms with Crippen LogP contribution in [0.2, 0.25) is 0 Å². The zero-order valence-electron chi connectivity index (χ0n) is 21.1. The van der Waals surface area contributed by atoms with Crippen molar-refractivity contribution in [2.45, 2.75) is 59.2 Å². The van der Waals surface area contributed by atoms with Crippen LogP contribution in [-0.4, -0.2) is 61.9 Å². The Hall–Kier alpha value is -3.17. The van der Waals surface area contributed by atoms with E-state index in [2.05, 4.69) is 61.4 Å². The fraction of sp³-hybridized carbons (Fsp3) is 0.500. The predicted molar refractivity (Wildman–Crippen MR) is 140 cm³/mol. The van der Waals surface area contributed by atoms with Crippen LogP contribution >= 0.6 is 0 Å². The van der Waals surface area contributed by atoms with Gasteiger partial charge in [-0.25, -0.2) is 14.8 Å². The second kappa shape index (κ2) is 15.0. The largest absolute Gasteiger partial charge is 0.347 e. The molecule has 0 radical (unpaired) electrons. The number of unbranched alkanes of at least 4 members (excludes halogenated alkanes) is 1. The van der Waals surface area contributed by atoms with Crippen LogP contribution in [0.1, 0.15) is 56.7 Å². The third-order valence-electron chi connectivity index (χ3n) is 5.77. The van der Waals surface area contributed by atoms with E-state index in [1.54, 1.807) is 29.7 Å². The number of carbonyl (C=O) groups excluding carboxylic acids is 1. The maximum absolute atomic E-state index is 13.0. The molecule has 0 aliphatic carbocycles. The van der Waals surface area contributed by atoms with Gasteiger partial charge in [-0.15, -0.1) is 0 Å². The van der Waals surface area contributed by atoms with Gasteiger partial charge in [0.05, 0.1) is 13.1 Å². The lowest BCUT2D eigenvalue weighted by atomic mass is 10.2. The highest BCUT2D eigenvalue weighted by molar-refractivity contribution is 5.89. The number of anilines is 1. The highest BCUT2D eigenvalue weighted by atomic mass is 16.2. The van der Waals surface area contributed by atoms with Gasteiger partial charge >= 0.3 is 6.03 Å². The molecule has 0 aliphatic rings. The summed E-state index contributed by atoms with van der Waals surface area (Å²) < 4.78 is 0. The molecule has 9 nitrogen and oxygen atoms in total. The fourth-order valence-electron chi connectivity index (χ4n) is 4.02. The van der Waals surface area contributed by atoms with Gasteiger partial charge in [0, 0.05) is 37.0 Å². The first-order valence-corrected chi connectivity index (χ1v) is 12.7. The maximum Gasteiger partial charge on any atom is 0.322 e. The van der Waals surface area contributed by atoms with Crippen molar-refractivity contribution in [2.24, 2.45) is 0 Å². The third-order valence-corrected chi connectivity index (χ3v) is 5.77. The molecule has 35 heavy (non-hydrogen) atoms. The molecule has 0 fully saturated rings. The lowest BCUT2D eigenvalue weighted by Gasteiger charge is -2.21. The van der Waals surface area contributed by atoms with Crippen LogP contribution in [0.25, 0.3) is 0 Å². The molecule has 3 aromatic rings. The summed E-state index contributed by atoms with van der Waals surface area (Å²) in [7, 11) is 0. The molecule has 0 saturated heterocycles. The van der Waals surface area contributed by atoms with Crippen molar-refractivity contribution in [1.82, 2.24) is 35.1 Å². The van der Waals surface area contributed by atoms with E-state index in [0.29, 0.717) is 13.1 Å². The first-order valence-electron chi connectivity index (χ1n) is 12.7. The average molecular weight is 481 g/mol. The number of carbonyl (C=O) groups is 1. The van der Waals surface area contributed by atoms with Crippen LogP contribution in [0.4, 0.5) is 10.5 Å². The summed E-state index contributed by atoms with van der Waals surface area (Å²) in [6.07, 6.45) is 11.7. The standard InChI is InChI=1S/C26H40N8O/c1-3-16-33(17-4-2)18-6-5-11-27-19-22-7-9-23(10-8-22)32-26(35)34(20-24-28-12-13-29-24)21-25-30-14-15-31-25/h7-10,12-15,27H,3-6,11,16-21H2,1-2H3,(H,28,29)(H,30,31)(H,32,35). The molecule has 2 heterocycles. The minimum absolute atomic E-state index is 0.205. The van der Waals surface area contributed by atoms with E-state index in [4.69, 9.17) is 0 Å². The van der Waals surface area contributed by atoms with Crippen LogP contribution < -0.4 is 10.6 Å². The first kappa shape index (κ1) is 26.4. The molecule has 0 bridgehead atoms. The Morgan fingerprint density at radius 3 is 2.06 bits per heavy atom. The molecule has 0 spiro atoms. The number of aromatic amines is 2. The SMILES string of the molecule is CCCN(CCC)CCCCNCc1ccc(NC(=O)N(Cc2ncc[nH]2)Cc2ncc[nH]2)cc1. The highest BCUT2D eigenvalue weighted by Gasteiger charge is 2.17. The molecule has 2 aromatic heterocycles. The summed E-state index contributed by atoms with van der Waals surface area (Å²) in [4.78, 5) is 31.8. The minimum Gasteiger partial charge on any atom is -0.347 e. The second-order valence-electron chi connectivity index (χ2n) is 8.78. The summed E-state index contributed by atoms with van der Waals surface area (Å²) in [5.41, 5.74) is 1.96. The van der Waals surface area contributed by atoms with E-state index in [1.807, 2.05) is 12.1 Å².